The maximum absolute atomic E-state index is 13.4. The number of hydrogen-bond acceptors (Lipinski definition) is 4. The molecule has 1 aliphatic heterocycles. The van der Waals surface area contributed by atoms with Crippen molar-refractivity contribution in [2.75, 3.05) is 19.7 Å². The maximum atomic E-state index is 13.4. The van der Waals surface area contributed by atoms with Crippen LogP contribution in [0.25, 0.3) is 0 Å². The summed E-state index contributed by atoms with van der Waals surface area (Å²) in [6, 6.07) is 19.3. The van der Waals surface area contributed by atoms with Gasteiger partial charge >= 0.3 is 11.9 Å². The molecule has 3 aromatic rings. The minimum absolute atomic E-state index is 0.190. The van der Waals surface area contributed by atoms with Gasteiger partial charge in [-0.1, -0.05) is 24.3 Å². The normalized spacial score (nSPS) is 17.4. The maximum Gasteiger partial charge on any atom is 0.328 e. The van der Waals surface area contributed by atoms with Gasteiger partial charge in [0.25, 0.3) is 0 Å². The number of benzene rings is 3. The Labute approximate surface area is 218 Å². The number of carboxylic acids is 2. The summed E-state index contributed by atoms with van der Waals surface area (Å²) in [5, 5.41) is 15.6. The van der Waals surface area contributed by atoms with Crippen molar-refractivity contribution >= 4 is 11.9 Å². The molecular weight excluding hydrogens is 499 g/mol. The van der Waals surface area contributed by atoms with Crippen LogP contribution in [0.4, 0.5) is 13.2 Å². The second-order valence-corrected chi connectivity index (χ2v) is 8.84. The van der Waals surface area contributed by atoms with Crippen LogP contribution in [-0.2, 0) is 16.1 Å². The first-order valence-electron chi connectivity index (χ1n) is 11.9. The number of halogens is 3. The first-order valence-corrected chi connectivity index (χ1v) is 11.9. The van der Waals surface area contributed by atoms with Crippen LogP contribution in [0.1, 0.15) is 23.5 Å². The Balaban J connectivity index is 0.000000436. The molecule has 1 heterocycles. The highest BCUT2D eigenvalue weighted by molar-refractivity contribution is 5.89. The van der Waals surface area contributed by atoms with Crippen molar-refractivity contribution in [2.45, 2.75) is 18.9 Å². The van der Waals surface area contributed by atoms with E-state index in [0.29, 0.717) is 24.5 Å². The van der Waals surface area contributed by atoms with Gasteiger partial charge in [-0.05, 0) is 78.5 Å². The van der Waals surface area contributed by atoms with Gasteiger partial charge in [0.2, 0.25) is 0 Å². The van der Waals surface area contributed by atoms with Gasteiger partial charge in [0.1, 0.15) is 23.2 Å². The highest BCUT2D eigenvalue weighted by Crippen LogP contribution is 2.34. The van der Waals surface area contributed by atoms with Crippen LogP contribution in [0.2, 0.25) is 0 Å². The van der Waals surface area contributed by atoms with Crippen molar-refractivity contribution in [1.82, 2.24) is 4.90 Å². The molecule has 0 spiro atoms. The Kier molecular flexibility index (Phi) is 10.5. The average Bonchev–Trinajstić information content (AvgIpc) is 2.90. The summed E-state index contributed by atoms with van der Waals surface area (Å²) in [6.07, 6.45) is 2.04. The molecule has 38 heavy (non-hydrogen) atoms. The molecule has 1 fully saturated rings. The molecule has 2 N–H and O–H groups in total. The monoisotopic (exact) mass is 527 g/mol. The number of rotatable bonds is 8. The van der Waals surface area contributed by atoms with Crippen molar-refractivity contribution < 1.29 is 37.7 Å². The van der Waals surface area contributed by atoms with E-state index in [2.05, 4.69) is 4.90 Å². The van der Waals surface area contributed by atoms with Gasteiger partial charge in [-0.15, -0.1) is 0 Å². The molecule has 0 aromatic heterocycles. The van der Waals surface area contributed by atoms with E-state index >= 15 is 0 Å². The summed E-state index contributed by atoms with van der Waals surface area (Å²) in [6.45, 7) is 2.92. The Morgan fingerprint density at radius 1 is 0.816 bits per heavy atom. The van der Waals surface area contributed by atoms with Crippen LogP contribution in [0.15, 0.2) is 84.9 Å². The van der Waals surface area contributed by atoms with Crippen LogP contribution in [0.5, 0.6) is 5.75 Å². The van der Waals surface area contributed by atoms with Gasteiger partial charge in [-0.2, -0.15) is 0 Å². The molecule has 200 valence electrons. The first kappa shape index (κ1) is 28.5. The quantitative estimate of drug-likeness (QED) is 0.376. The van der Waals surface area contributed by atoms with E-state index in [1.165, 1.54) is 36.4 Å². The molecule has 1 saturated heterocycles. The zero-order chi connectivity index (χ0) is 27.5. The first-order chi connectivity index (χ1) is 18.2. The number of carbonyl (C=O) groups is 2. The number of piperidine rings is 1. The average molecular weight is 528 g/mol. The fraction of sp³-hybridized carbons (Fsp3) is 0.241. The summed E-state index contributed by atoms with van der Waals surface area (Å²) < 4.78 is 45.7. The van der Waals surface area contributed by atoms with Gasteiger partial charge < -0.3 is 14.9 Å². The van der Waals surface area contributed by atoms with Crippen molar-refractivity contribution in [1.29, 1.82) is 0 Å². The minimum Gasteiger partial charge on any atom is -0.493 e. The SMILES string of the molecule is Fc1ccc(CN2CC[C@H](c3ccc(F)cc3)[C@@H](COc3ccc(F)cc3)C2)cc1.O=C(O)/C=C\C(=O)O. The van der Waals surface area contributed by atoms with E-state index in [1.54, 1.807) is 12.1 Å². The number of carboxylic acid groups (broad SMARTS) is 2. The molecule has 0 aliphatic carbocycles. The molecule has 0 radical (unpaired) electrons. The molecule has 0 unspecified atom stereocenters. The highest BCUT2D eigenvalue weighted by atomic mass is 19.1. The molecular formula is C29H28F3NO5. The third-order valence-corrected chi connectivity index (χ3v) is 6.08. The fourth-order valence-electron chi connectivity index (χ4n) is 4.29. The Morgan fingerprint density at radius 2 is 1.32 bits per heavy atom. The van der Waals surface area contributed by atoms with Crippen LogP contribution in [0, 0.1) is 23.4 Å². The molecule has 0 bridgehead atoms. The van der Waals surface area contributed by atoms with Gasteiger partial charge in [0.15, 0.2) is 0 Å². The van der Waals surface area contributed by atoms with Crippen molar-refractivity contribution in [3.63, 3.8) is 0 Å². The summed E-state index contributed by atoms with van der Waals surface area (Å²) >= 11 is 0. The molecule has 2 atom stereocenters. The third kappa shape index (κ3) is 9.40. The topological polar surface area (TPSA) is 87.1 Å². The van der Waals surface area contributed by atoms with Gasteiger partial charge in [-0.25, -0.2) is 22.8 Å². The van der Waals surface area contributed by atoms with Crippen molar-refractivity contribution in [2.24, 2.45) is 5.92 Å². The second kappa shape index (κ2) is 14.0. The smallest absolute Gasteiger partial charge is 0.328 e. The lowest BCUT2D eigenvalue weighted by atomic mass is 9.80. The van der Waals surface area contributed by atoms with Crippen LogP contribution >= 0.6 is 0 Å². The van der Waals surface area contributed by atoms with Crippen LogP contribution in [-0.4, -0.2) is 46.7 Å². The number of aliphatic carboxylic acids is 2. The standard InChI is InChI=1S/C25H24F3NO.C4H4O4/c26-21-5-1-18(2-6-21)15-29-14-13-25(19-3-7-22(27)8-4-19)20(16-29)17-30-24-11-9-23(28)10-12-24;5-3(6)1-2-4(7)8/h1-12,20,25H,13-17H2;1-2H,(H,5,6)(H,7,8)/b;2-1-/t20-,25-;/m1./s1. The zero-order valence-corrected chi connectivity index (χ0v) is 20.5. The molecule has 0 saturated carbocycles. The van der Waals surface area contributed by atoms with Gasteiger partial charge in [-0.3, -0.25) is 4.90 Å². The zero-order valence-electron chi connectivity index (χ0n) is 20.5. The molecule has 0 amide bonds. The molecule has 9 heteroatoms. The fourth-order valence-corrected chi connectivity index (χ4v) is 4.29. The molecule has 4 rings (SSSR count). The van der Waals surface area contributed by atoms with E-state index in [0.717, 1.165) is 37.2 Å². The number of ether oxygens (including phenoxy) is 1. The lowest BCUT2D eigenvalue weighted by Crippen LogP contribution is -2.41. The minimum atomic E-state index is -1.26. The summed E-state index contributed by atoms with van der Waals surface area (Å²) in [7, 11) is 0. The van der Waals surface area contributed by atoms with Crippen LogP contribution < -0.4 is 4.74 Å². The van der Waals surface area contributed by atoms with E-state index in [-0.39, 0.29) is 29.3 Å². The number of hydrogen-bond donors (Lipinski definition) is 2. The Hall–Kier alpha value is -4.11. The predicted molar refractivity (Wildman–Crippen MR) is 135 cm³/mol. The van der Waals surface area contributed by atoms with E-state index in [4.69, 9.17) is 14.9 Å². The summed E-state index contributed by atoms with van der Waals surface area (Å²) in [5.41, 5.74) is 2.17. The number of nitrogens with zero attached hydrogens (tertiary/aromatic N) is 1. The molecule has 1 aliphatic rings. The van der Waals surface area contributed by atoms with E-state index in [9.17, 15) is 22.8 Å². The summed E-state index contributed by atoms with van der Waals surface area (Å²) in [5.74, 6) is -2.23. The van der Waals surface area contributed by atoms with Crippen LogP contribution in [0.3, 0.4) is 0 Å². The molecule has 6 nitrogen and oxygen atoms in total. The van der Waals surface area contributed by atoms with Crippen molar-refractivity contribution in [3.05, 3.63) is 114 Å². The number of likely N-dealkylation sites (tertiary alicyclic amines) is 1. The predicted octanol–water partition coefficient (Wildman–Crippen LogP) is 5.50. The van der Waals surface area contributed by atoms with E-state index < -0.39 is 11.9 Å². The lowest BCUT2D eigenvalue weighted by Gasteiger charge is -2.39. The molecule has 3 aromatic carbocycles. The largest absolute Gasteiger partial charge is 0.493 e. The van der Waals surface area contributed by atoms with Gasteiger partial charge in [0.05, 0.1) is 6.61 Å². The highest BCUT2D eigenvalue weighted by Gasteiger charge is 2.31. The summed E-state index contributed by atoms with van der Waals surface area (Å²) in [4.78, 5) is 21.4. The van der Waals surface area contributed by atoms with E-state index in [1.807, 2.05) is 24.3 Å². The lowest BCUT2D eigenvalue weighted by molar-refractivity contribution is -0.134. The Bertz CT molecular complexity index is 1200. The third-order valence-electron chi connectivity index (χ3n) is 6.08. The van der Waals surface area contributed by atoms with Gasteiger partial charge in [0, 0.05) is 31.2 Å². The van der Waals surface area contributed by atoms with Crippen molar-refractivity contribution in [3.8, 4) is 5.75 Å². The second-order valence-electron chi connectivity index (χ2n) is 8.84. The Morgan fingerprint density at radius 3 is 1.84 bits per heavy atom.